The molecule has 0 atom stereocenters. The number of rotatable bonds is 2. The highest BCUT2D eigenvalue weighted by molar-refractivity contribution is 5.86. The van der Waals surface area contributed by atoms with Crippen LogP contribution in [-0.2, 0) is 0 Å². The molecule has 2 rings (SSSR count). The maximum absolute atomic E-state index is 11.0. The van der Waals surface area contributed by atoms with Gasteiger partial charge >= 0.3 is 5.97 Å². The van der Waals surface area contributed by atoms with Gasteiger partial charge in [0.2, 0.25) is 0 Å². The van der Waals surface area contributed by atoms with Gasteiger partial charge in [0.1, 0.15) is 0 Å². The average molecular weight is 206 g/mol. The van der Waals surface area contributed by atoms with Gasteiger partial charge in [0.25, 0.3) is 0 Å². The zero-order valence-electron chi connectivity index (χ0n) is 8.52. The number of carbonyl (C=O) groups is 1. The fourth-order valence-electron chi connectivity index (χ4n) is 2.19. The lowest BCUT2D eigenvalue weighted by Gasteiger charge is -2.21. The Morgan fingerprint density at radius 1 is 1.20 bits per heavy atom. The van der Waals surface area contributed by atoms with Crippen molar-refractivity contribution in [2.24, 2.45) is 0 Å². The van der Waals surface area contributed by atoms with E-state index < -0.39 is 5.97 Å². The highest BCUT2D eigenvalue weighted by Crippen LogP contribution is 2.32. The van der Waals surface area contributed by atoms with Crippen molar-refractivity contribution >= 4 is 5.97 Å². The summed E-state index contributed by atoms with van der Waals surface area (Å²) in [5, 5.41) is 8.99. The van der Waals surface area contributed by atoms with E-state index in [9.17, 15) is 4.79 Å². The van der Waals surface area contributed by atoms with E-state index in [-0.39, 0.29) is 5.69 Å². The minimum Gasteiger partial charge on any atom is -0.476 e. The van der Waals surface area contributed by atoms with Gasteiger partial charge in [-0.05, 0) is 12.8 Å². The lowest BCUT2D eigenvalue weighted by Crippen LogP contribution is -2.14. The molecule has 4 heteroatoms. The number of hydrogen-bond acceptors (Lipinski definition) is 3. The smallest absolute Gasteiger partial charge is 0.356 e. The van der Waals surface area contributed by atoms with Gasteiger partial charge in [0.05, 0.1) is 5.69 Å². The number of aromatic carboxylic acids is 1. The van der Waals surface area contributed by atoms with Gasteiger partial charge in [0, 0.05) is 18.3 Å². The number of carboxylic acids is 1. The van der Waals surface area contributed by atoms with Crippen LogP contribution in [-0.4, -0.2) is 21.0 Å². The molecule has 1 aliphatic rings. The Morgan fingerprint density at radius 3 is 2.53 bits per heavy atom. The molecule has 0 bridgehead atoms. The number of hydrogen-bond donors (Lipinski definition) is 1. The first-order valence-corrected chi connectivity index (χ1v) is 5.33. The summed E-state index contributed by atoms with van der Waals surface area (Å²) in [5.74, 6) is -0.678. The Kier molecular flexibility index (Phi) is 2.94. The summed E-state index contributed by atoms with van der Waals surface area (Å²) < 4.78 is 0. The van der Waals surface area contributed by atoms with Gasteiger partial charge < -0.3 is 5.11 Å². The van der Waals surface area contributed by atoms with Crippen LogP contribution in [0.3, 0.4) is 0 Å². The lowest BCUT2D eigenvalue weighted by atomic mass is 9.86. The minimum absolute atomic E-state index is 0.129. The van der Waals surface area contributed by atoms with E-state index in [1.54, 1.807) is 6.20 Å². The second-order valence-corrected chi connectivity index (χ2v) is 3.93. The molecule has 1 aliphatic carbocycles. The summed E-state index contributed by atoms with van der Waals surface area (Å²) in [6.45, 7) is 0. The van der Waals surface area contributed by atoms with Crippen LogP contribution in [0.5, 0.6) is 0 Å². The first-order chi connectivity index (χ1) is 7.29. The first kappa shape index (κ1) is 10.1. The molecule has 0 spiro atoms. The molecule has 1 aromatic rings. The van der Waals surface area contributed by atoms with Crippen molar-refractivity contribution in [1.29, 1.82) is 0 Å². The van der Waals surface area contributed by atoms with Crippen molar-refractivity contribution < 1.29 is 9.90 Å². The minimum atomic E-state index is -0.969. The van der Waals surface area contributed by atoms with Gasteiger partial charge in [-0.1, -0.05) is 19.3 Å². The third-order valence-corrected chi connectivity index (χ3v) is 2.92. The standard InChI is InChI=1S/C11H14N2O2/c14-11(15)10-9(12-6-7-13-10)8-4-2-1-3-5-8/h6-8H,1-5H2,(H,14,15). The SMILES string of the molecule is O=C(O)c1nccnc1C1CCCCC1. The number of aromatic nitrogens is 2. The van der Waals surface area contributed by atoms with E-state index in [1.807, 2.05) is 0 Å². The molecule has 1 aromatic heterocycles. The molecule has 1 fully saturated rings. The topological polar surface area (TPSA) is 63.1 Å². The molecule has 4 nitrogen and oxygen atoms in total. The third kappa shape index (κ3) is 2.14. The van der Waals surface area contributed by atoms with Crippen LogP contribution in [0.4, 0.5) is 0 Å². The predicted octanol–water partition coefficient (Wildman–Crippen LogP) is 2.22. The van der Waals surface area contributed by atoms with Gasteiger partial charge in [-0.15, -0.1) is 0 Å². The maximum atomic E-state index is 11.0. The van der Waals surface area contributed by atoms with Crippen LogP contribution in [0.25, 0.3) is 0 Å². The molecule has 15 heavy (non-hydrogen) atoms. The number of nitrogens with zero attached hydrogens (tertiary/aromatic N) is 2. The van der Waals surface area contributed by atoms with Crippen LogP contribution < -0.4 is 0 Å². The molecule has 1 N–H and O–H groups in total. The largest absolute Gasteiger partial charge is 0.476 e. The normalized spacial score (nSPS) is 17.6. The molecule has 0 aliphatic heterocycles. The van der Waals surface area contributed by atoms with Gasteiger partial charge in [-0.25, -0.2) is 9.78 Å². The Labute approximate surface area is 88.4 Å². The van der Waals surface area contributed by atoms with E-state index >= 15 is 0 Å². The fourth-order valence-corrected chi connectivity index (χ4v) is 2.19. The van der Waals surface area contributed by atoms with E-state index in [0.717, 1.165) is 12.8 Å². The predicted molar refractivity (Wildman–Crippen MR) is 54.8 cm³/mol. The molecule has 1 saturated carbocycles. The van der Waals surface area contributed by atoms with Crippen molar-refractivity contribution in [2.45, 2.75) is 38.0 Å². The zero-order chi connectivity index (χ0) is 10.7. The second-order valence-electron chi connectivity index (χ2n) is 3.93. The summed E-state index contributed by atoms with van der Waals surface area (Å²) in [6, 6.07) is 0. The van der Waals surface area contributed by atoms with Crippen LogP contribution >= 0.6 is 0 Å². The van der Waals surface area contributed by atoms with Crippen molar-refractivity contribution in [3.05, 3.63) is 23.8 Å². The highest BCUT2D eigenvalue weighted by atomic mass is 16.4. The molecule has 80 valence electrons. The molecule has 1 heterocycles. The van der Waals surface area contributed by atoms with Gasteiger partial charge in [0.15, 0.2) is 5.69 Å². The monoisotopic (exact) mass is 206 g/mol. The van der Waals surface area contributed by atoms with Crippen LogP contribution in [0, 0.1) is 0 Å². The Morgan fingerprint density at radius 2 is 1.87 bits per heavy atom. The molecule has 0 amide bonds. The van der Waals surface area contributed by atoms with Crippen molar-refractivity contribution in [3.63, 3.8) is 0 Å². The summed E-state index contributed by atoms with van der Waals surface area (Å²) in [5.41, 5.74) is 0.800. The molecule has 0 radical (unpaired) electrons. The van der Waals surface area contributed by atoms with Gasteiger partial charge in [-0.2, -0.15) is 0 Å². The van der Waals surface area contributed by atoms with Crippen molar-refractivity contribution in [2.75, 3.05) is 0 Å². The van der Waals surface area contributed by atoms with E-state index in [2.05, 4.69) is 9.97 Å². The highest BCUT2D eigenvalue weighted by Gasteiger charge is 2.23. The molecule has 0 unspecified atom stereocenters. The summed E-state index contributed by atoms with van der Waals surface area (Å²) in [4.78, 5) is 19.0. The number of carboxylic acid groups (broad SMARTS) is 1. The summed E-state index contributed by atoms with van der Waals surface area (Å²) in [7, 11) is 0. The zero-order valence-corrected chi connectivity index (χ0v) is 8.52. The quantitative estimate of drug-likeness (QED) is 0.805. The molecular formula is C11H14N2O2. The van der Waals surface area contributed by atoms with Gasteiger partial charge in [-0.3, -0.25) is 4.98 Å². The Hall–Kier alpha value is -1.45. The van der Waals surface area contributed by atoms with Crippen LogP contribution in [0.1, 0.15) is 54.2 Å². The molecule has 0 aromatic carbocycles. The Balaban J connectivity index is 2.29. The summed E-state index contributed by atoms with van der Waals surface area (Å²) >= 11 is 0. The third-order valence-electron chi connectivity index (χ3n) is 2.92. The first-order valence-electron chi connectivity index (χ1n) is 5.33. The molecule has 0 saturated heterocycles. The van der Waals surface area contributed by atoms with Crippen molar-refractivity contribution in [1.82, 2.24) is 9.97 Å². The van der Waals surface area contributed by atoms with Crippen LogP contribution in [0.15, 0.2) is 12.4 Å². The second kappa shape index (κ2) is 4.38. The van der Waals surface area contributed by atoms with E-state index in [4.69, 9.17) is 5.11 Å². The van der Waals surface area contributed by atoms with E-state index in [0.29, 0.717) is 11.6 Å². The van der Waals surface area contributed by atoms with E-state index in [1.165, 1.54) is 25.5 Å². The molecular weight excluding hydrogens is 192 g/mol. The summed E-state index contributed by atoms with van der Waals surface area (Å²) in [6.07, 6.45) is 8.68. The lowest BCUT2D eigenvalue weighted by molar-refractivity contribution is 0.0687. The maximum Gasteiger partial charge on any atom is 0.356 e. The van der Waals surface area contributed by atoms with Crippen LogP contribution in [0.2, 0.25) is 0 Å². The average Bonchev–Trinajstić information content (AvgIpc) is 2.30. The van der Waals surface area contributed by atoms with Crippen molar-refractivity contribution in [3.8, 4) is 0 Å². The Bertz CT molecular complexity index is 359. The fraction of sp³-hybridized carbons (Fsp3) is 0.545.